The molecule has 0 aliphatic carbocycles. The molecule has 0 aromatic heterocycles. The first-order chi connectivity index (χ1) is 9.24. The number of nitrogens with two attached hydrogens (primary N) is 1. The van der Waals surface area contributed by atoms with Crippen molar-refractivity contribution in [2.75, 3.05) is 26.7 Å². The van der Waals surface area contributed by atoms with Crippen LogP contribution in [-0.4, -0.2) is 43.7 Å². The lowest BCUT2D eigenvalue weighted by Gasteiger charge is -2.31. The van der Waals surface area contributed by atoms with Crippen molar-refractivity contribution in [3.8, 4) is 0 Å². The summed E-state index contributed by atoms with van der Waals surface area (Å²) in [6.45, 7) is 2.20. The number of benzene rings is 1. The summed E-state index contributed by atoms with van der Waals surface area (Å²) in [7, 11) is 1.73. The van der Waals surface area contributed by atoms with E-state index in [2.05, 4.69) is 0 Å². The van der Waals surface area contributed by atoms with Crippen LogP contribution in [0.15, 0.2) is 24.3 Å². The van der Waals surface area contributed by atoms with Crippen LogP contribution in [0, 0.1) is 0 Å². The molecule has 2 N–H and O–H groups in total. The third-order valence-electron chi connectivity index (χ3n) is 3.70. The minimum atomic E-state index is 0.119. The van der Waals surface area contributed by atoms with Gasteiger partial charge in [0, 0.05) is 25.8 Å². The maximum atomic E-state index is 12.3. The minimum Gasteiger partial charge on any atom is -0.381 e. The number of nitrogens with zero attached hydrogens (tertiary/aromatic N) is 1. The Kier molecular flexibility index (Phi) is 4.93. The molecular formula is C15H22N2O2. The van der Waals surface area contributed by atoms with Gasteiger partial charge in [0.15, 0.2) is 0 Å². The monoisotopic (exact) mass is 262 g/mol. The zero-order valence-corrected chi connectivity index (χ0v) is 11.5. The van der Waals surface area contributed by atoms with Crippen molar-refractivity contribution in [1.82, 2.24) is 4.90 Å². The van der Waals surface area contributed by atoms with E-state index in [0.29, 0.717) is 12.6 Å². The van der Waals surface area contributed by atoms with Crippen molar-refractivity contribution in [1.29, 1.82) is 0 Å². The van der Waals surface area contributed by atoms with Crippen molar-refractivity contribution in [2.24, 2.45) is 5.73 Å². The second kappa shape index (κ2) is 6.68. The Morgan fingerprint density at radius 1 is 1.32 bits per heavy atom. The van der Waals surface area contributed by atoms with Gasteiger partial charge in [0.2, 0.25) is 0 Å². The van der Waals surface area contributed by atoms with Gasteiger partial charge in [-0.3, -0.25) is 4.79 Å². The topological polar surface area (TPSA) is 55.6 Å². The summed E-state index contributed by atoms with van der Waals surface area (Å²) >= 11 is 0. The molecule has 1 aliphatic heterocycles. The summed E-state index contributed by atoms with van der Waals surface area (Å²) in [6, 6.07) is 7.77. The van der Waals surface area contributed by atoms with Crippen LogP contribution in [0.3, 0.4) is 0 Å². The number of piperidine rings is 1. The lowest BCUT2D eigenvalue weighted by Crippen LogP contribution is -2.40. The third kappa shape index (κ3) is 3.55. The van der Waals surface area contributed by atoms with Gasteiger partial charge in [-0.15, -0.1) is 0 Å². The number of carbonyl (C=O) groups excluding carboxylic acids is 1. The third-order valence-corrected chi connectivity index (χ3v) is 3.70. The zero-order valence-electron chi connectivity index (χ0n) is 11.5. The number of ether oxygens (including phenoxy) is 1. The Morgan fingerprint density at radius 3 is 2.47 bits per heavy atom. The molecule has 1 aromatic rings. The van der Waals surface area contributed by atoms with Crippen LogP contribution >= 0.6 is 0 Å². The maximum absolute atomic E-state index is 12.3. The van der Waals surface area contributed by atoms with Gasteiger partial charge in [0.25, 0.3) is 5.91 Å². The number of hydrogen-bond donors (Lipinski definition) is 1. The van der Waals surface area contributed by atoms with Crippen molar-refractivity contribution >= 4 is 5.91 Å². The van der Waals surface area contributed by atoms with Crippen molar-refractivity contribution in [3.63, 3.8) is 0 Å². The molecule has 0 saturated carbocycles. The van der Waals surface area contributed by atoms with Gasteiger partial charge in [0.05, 0.1) is 6.10 Å². The Bertz CT molecular complexity index is 409. The van der Waals surface area contributed by atoms with E-state index in [0.717, 1.165) is 37.9 Å². The normalized spacial score (nSPS) is 16.6. The largest absolute Gasteiger partial charge is 0.381 e. The van der Waals surface area contributed by atoms with Gasteiger partial charge in [0.1, 0.15) is 0 Å². The number of likely N-dealkylation sites (tertiary alicyclic amines) is 1. The summed E-state index contributed by atoms with van der Waals surface area (Å²) in [5.41, 5.74) is 7.45. The van der Waals surface area contributed by atoms with Gasteiger partial charge in [-0.2, -0.15) is 0 Å². The zero-order chi connectivity index (χ0) is 13.7. The average Bonchev–Trinajstić information content (AvgIpc) is 2.48. The predicted octanol–water partition coefficient (Wildman–Crippen LogP) is 1.44. The number of carbonyl (C=O) groups is 1. The van der Waals surface area contributed by atoms with Gasteiger partial charge in [-0.25, -0.2) is 0 Å². The Labute approximate surface area is 114 Å². The molecule has 0 unspecified atom stereocenters. The first-order valence-electron chi connectivity index (χ1n) is 6.85. The van der Waals surface area contributed by atoms with Crippen LogP contribution in [-0.2, 0) is 11.2 Å². The highest BCUT2D eigenvalue weighted by Gasteiger charge is 2.23. The van der Waals surface area contributed by atoms with E-state index in [-0.39, 0.29) is 5.91 Å². The molecule has 19 heavy (non-hydrogen) atoms. The summed E-state index contributed by atoms with van der Waals surface area (Å²) in [4.78, 5) is 14.2. The van der Waals surface area contributed by atoms with Crippen LogP contribution in [0.5, 0.6) is 0 Å². The molecule has 2 rings (SSSR count). The van der Waals surface area contributed by atoms with E-state index in [9.17, 15) is 4.79 Å². The minimum absolute atomic E-state index is 0.119. The molecule has 104 valence electrons. The first kappa shape index (κ1) is 14.0. The lowest BCUT2D eigenvalue weighted by molar-refractivity contribution is 0.0351. The molecule has 1 amide bonds. The number of rotatable bonds is 4. The fourth-order valence-corrected chi connectivity index (χ4v) is 2.46. The maximum Gasteiger partial charge on any atom is 0.253 e. The first-order valence-corrected chi connectivity index (χ1v) is 6.85. The molecule has 1 heterocycles. The highest BCUT2D eigenvalue weighted by Crippen LogP contribution is 2.16. The van der Waals surface area contributed by atoms with Crippen LogP contribution < -0.4 is 5.73 Å². The Hall–Kier alpha value is -1.39. The summed E-state index contributed by atoms with van der Waals surface area (Å²) in [5.74, 6) is 0.119. The van der Waals surface area contributed by atoms with Crippen molar-refractivity contribution in [3.05, 3.63) is 35.4 Å². The Morgan fingerprint density at radius 2 is 1.95 bits per heavy atom. The number of amides is 1. The van der Waals surface area contributed by atoms with Gasteiger partial charge in [-0.1, -0.05) is 12.1 Å². The summed E-state index contributed by atoms with van der Waals surface area (Å²) in [5, 5.41) is 0. The molecular weight excluding hydrogens is 240 g/mol. The quantitative estimate of drug-likeness (QED) is 0.893. The summed E-state index contributed by atoms with van der Waals surface area (Å²) in [6.07, 6.45) is 3.00. The van der Waals surface area contributed by atoms with Crippen molar-refractivity contribution in [2.45, 2.75) is 25.4 Å². The molecule has 1 saturated heterocycles. The molecule has 1 aromatic carbocycles. The lowest BCUT2D eigenvalue weighted by atomic mass is 10.0. The van der Waals surface area contributed by atoms with Gasteiger partial charge in [-0.05, 0) is 43.5 Å². The van der Waals surface area contributed by atoms with E-state index in [4.69, 9.17) is 10.5 Å². The molecule has 4 nitrogen and oxygen atoms in total. The molecule has 1 fully saturated rings. The molecule has 1 aliphatic rings. The van der Waals surface area contributed by atoms with E-state index < -0.39 is 0 Å². The molecule has 0 bridgehead atoms. The fourth-order valence-electron chi connectivity index (χ4n) is 2.46. The highest BCUT2D eigenvalue weighted by atomic mass is 16.5. The summed E-state index contributed by atoms with van der Waals surface area (Å²) < 4.78 is 5.32. The number of hydrogen-bond acceptors (Lipinski definition) is 3. The van der Waals surface area contributed by atoms with Crippen LogP contribution in [0.2, 0.25) is 0 Å². The van der Waals surface area contributed by atoms with Crippen molar-refractivity contribution < 1.29 is 9.53 Å². The van der Waals surface area contributed by atoms with E-state index in [1.807, 2.05) is 29.2 Å². The van der Waals surface area contributed by atoms with E-state index >= 15 is 0 Å². The molecule has 4 heteroatoms. The van der Waals surface area contributed by atoms with E-state index in [1.165, 1.54) is 5.56 Å². The van der Waals surface area contributed by atoms with Crippen LogP contribution in [0.25, 0.3) is 0 Å². The smallest absolute Gasteiger partial charge is 0.253 e. The second-order valence-electron chi connectivity index (χ2n) is 4.96. The standard InChI is InChI=1S/C15H22N2O2/c1-19-14-7-10-17(11-8-14)15(18)13-4-2-12(3-5-13)6-9-16/h2-5,14H,6-11,16H2,1H3. The predicted molar refractivity (Wildman–Crippen MR) is 75.1 cm³/mol. The Balaban J connectivity index is 1.96. The second-order valence-corrected chi connectivity index (χ2v) is 4.96. The van der Waals surface area contributed by atoms with Gasteiger partial charge >= 0.3 is 0 Å². The SMILES string of the molecule is COC1CCN(C(=O)c2ccc(CCN)cc2)CC1. The van der Waals surface area contributed by atoms with Gasteiger partial charge < -0.3 is 15.4 Å². The van der Waals surface area contributed by atoms with E-state index in [1.54, 1.807) is 7.11 Å². The fraction of sp³-hybridized carbons (Fsp3) is 0.533. The van der Waals surface area contributed by atoms with Crippen LogP contribution in [0.4, 0.5) is 0 Å². The molecule has 0 spiro atoms. The number of methoxy groups -OCH3 is 1. The van der Waals surface area contributed by atoms with Crippen LogP contribution in [0.1, 0.15) is 28.8 Å². The highest BCUT2D eigenvalue weighted by molar-refractivity contribution is 5.94. The molecule has 0 radical (unpaired) electrons. The average molecular weight is 262 g/mol. The molecule has 0 atom stereocenters.